The van der Waals surface area contributed by atoms with Crippen LogP contribution in [0.15, 0.2) is 24.4 Å². The third-order valence-corrected chi connectivity index (χ3v) is 1.01. The van der Waals surface area contributed by atoms with Crippen LogP contribution in [-0.2, 0) is 0 Å². The molecule has 0 unspecified atom stereocenters. The van der Waals surface area contributed by atoms with Crippen molar-refractivity contribution in [1.82, 2.24) is 0 Å². The Balaban J connectivity index is 2.85. The van der Waals surface area contributed by atoms with Gasteiger partial charge < -0.3 is 10.2 Å². The number of H-pyrrole nitrogens is 1. The number of aliphatic hydroxyl groups is 2. The van der Waals surface area contributed by atoms with Crippen molar-refractivity contribution in [2.75, 3.05) is 0 Å². The van der Waals surface area contributed by atoms with Gasteiger partial charge in [-0.2, -0.15) is 0 Å². The SMILES string of the molecule is OC(O)c1cccc[nH+]1. The molecule has 3 N–H and O–H groups in total. The number of aromatic amines is 1. The topological polar surface area (TPSA) is 54.6 Å². The Morgan fingerprint density at radius 2 is 2.11 bits per heavy atom. The lowest BCUT2D eigenvalue weighted by Crippen LogP contribution is -2.13. The lowest BCUT2D eigenvalue weighted by molar-refractivity contribution is -0.410. The molecule has 0 aliphatic carbocycles. The van der Waals surface area contributed by atoms with Crippen LogP contribution in [0.4, 0.5) is 0 Å². The maximum Gasteiger partial charge on any atom is 0.239 e. The summed E-state index contributed by atoms with van der Waals surface area (Å²) >= 11 is 0. The predicted molar refractivity (Wildman–Crippen MR) is 30.2 cm³/mol. The monoisotopic (exact) mass is 126 g/mol. The molecule has 0 saturated carbocycles. The highest BCUT2D eigenvalue weighted by atomic mass is 16.5. The molecular formula is C6H8NO2+. The summed E-state index contributed by atoms with van der Waals surface area (Å²) in [6.45, 7) is 0. The molecule has 1 heterocycles. The smallest absolute Gasteiger partial charge is 0.239 e. The van der Waals surface area contributed by atoms with Crippen LogP contribution in [0.25, 0.3) is 0 Å². The molecule has 0 atom stereocenters. The van der Waals surface area contributed by atoms with Crippen molar-refractivity contribution >= 4 is 0 Å². The molecule has 1 aromatic rings. The molecule has 0 fully saturated rings. The highest BCUT2D eigenvalue weighted by Crippen LogP contribution is 1.98. The maximum atomic E-state index is 8.55. The Morgan fingerprint density at radius 3 is 2.44 bits per heavy atom. The molecule has 1 rings (SSSR count). The van der Waals surface area contributed by atoms with Gasteiger partial charge in [-0.15, -0.1) is 0 Å². The van der Waals surface area contributed by atoms with Gasteiger partial charge in [0.15, 0.2) is 6.20 Å². The molecule has 0 amide bonds. The average Bonchev–Trinajstić information content (AvgIpc) is 1.90. The van der Waals surface area contributed by atoms with Gasteiger partial charge in [0.1, 0.15) is 0 Å². The molecule has 1 aromatic heterocycles. The van der Waals surface area contributed by atoms with E-state index in [9.17, 15) is 0 Å². The summed E-state index contributed by atoms with van der Waals surface area (Å²) in [5.74, 6) is 0. The van der Waals surface area contributed by atoms with Gasteiger partial charge in [0.05, 0.1) is 0 Å². The van der Waals surface area contributed by atoms with Crippen molar-refractivity contribution in [3.63, 3.8) is 0 Å². The summed E-state index contributed by atoms with van der Waals surface area (Å²) in [4.78, 5) is 2.67. The van der Waals surface area contributed by atoms with Crippen LogP contribution in [0.2, 0.25) is 0 Å². The number of pyridine rings is 1. The summed E-state index contributed by atoms with van der Waals surface area (Å²) in [6, 6.07) is 5.10. The number of hydrogen-bond acceptors (Lipinski definition) is 2. The van der Waals surface area contributed by atoms with Gasteiger partial charge >= 0.3 is 0 Å². The first kappa shape index (κ1) is 6.19. The first-order valence-electron chi connectivity index (χ1n) is 2.63. The molecule has 0 aromatic carbocycles. The first-order valence-corrected chi connectivity index (χ1v) is 2.63. The third-order valence-electron chi connectivity index (χ3n) is 1.01. The molecule has 9 heavy (non-hydrogen) atoms. The van der Waals surface area contributed by atoms with E-state index in [1.165, 1.54) is 0 Å². The van der Waals surface area contributed by atoms with Crippen LogP contribution >= 0.6 is 0 Å². The van der Waals surface area contributed by atoms with Gasteiger partial charge in [0.2, 0.25) is 12.0 Å². The fourth-order valence-corrected chi connectivity index (χ4v) is 0.568. The zero-order valence-electron chi connectivity index (χ0n) is 4.78. The van der Waals surface area contributed by atoms with Crippen LogP contribution in [0, 0.1) is 0 Å². The Morgan fingerprint density at radius 1 is 1.33 bits per heavy atom. The predicted octanol–water partition coefficient (Wildman–Crippen LogP) is -0.516. The minimum absolute atomic E-state index is 0.400. The van der Waals surface area contributed by atoms with Crippen LogP contribution in [-0.4, -0.2) is 10.2 Å². The van der Waals surface area contributed by atoms with E-state index in [1.807, 2.05) is 0 Å². The van der Waals surface area contributed by atoms with E-state index in [0.29, 0.717) is 5.69 Å². The fourth-order valence-electron chi connectivity index (χ4n) is 0.568. The number of aliphatic hydroxyl groups excluding tert-OH is 1. The second kappa shape index (κ2) is 2.57. The van der Waals surface area contributed by atoms with E-state index < -0.39 is 6.29 Å². The van der Waals surface area contributed by atoms with E-state index in [2.05, 4.69) is 4.98 Å². The Bertz CT molecular complexity index is 174. The molecule has 0 spiro atoms. The lowest BCUT2D eigenvalue weighted by atomic mass is 10.3. The van der Waals surface area contributed by atoms with Gasteiger partial charge in [-0.1, -0.05) is 0 Å². The molecular weight excluding hydrogens is 118 g/mol. The van der Waals surface area contributed by atoms with Gasteiger partial charge in [0, 0.05) is 12.1 Å². The number of hydrogen-bond donors (Lipinski definition) is 2. The van der Waals surface area contributed by atoms with Crippen LogP contribution in [0.3, 0.4) is 0 Å². The van der Waals surface area contributed by atoms with E-state index >= 15 is 0 Å². The van der Waals surface area contributed by atoms with Crippen molar-refractivity contribution in [2.24, 2.45) is 0 Å². The standard InChI is InChI=1S/C6H7NO2/c8-6(9)5-3-1-2-4-7-5/h1-4,6,8-9H/p+1. The molecule has 0 bridgehead atoms. The highest BCUT2D eigenvalue weighted by Gasteiger charge is 2.06. The highest BCUT2D eigenvalue weighted by molar-refractivity contribution is 4.96. The normalized spacial score (nSPS) is 10.1. The minimum atomic E-state index is -1.40. The number of nitrogens with one attached hydrogen (secondary N) is 1. The second-order valence-electron chi connectivity index (χ2n) is 1.69. The number of aromatic nitrogens is 1. The zero-order valence-corrected chi connectivity index (χ0v) is 4.78. The third kappa shape index (κ3) is 1.48. The van der Waals surface area contributed by atoms with Crippen molar-refractivity contribution < 1.29 is 15.2 Å². The molecule has 48 valence electrons. The summed E-state index contributed by atoms with van der Waals surface area (Å²) < 4.78 is 0. The van der Waals surface area contributed by atoms with E-state index in [1.54, 1.807) is 24.4 Å². The molecule has 0 aliphatic rings. The van der Waals surface area contributed by atoms with Gasteiger partial charge in [-0.05, 0) is 6.07 Å². The van der Waals surface area contributed by atoms with E-state index in [0.717, 1.165) is 0 Å². The van der Waals surface area contributed by atoms with Gasteiger partial charge in [-0.25, -0.2) is 4.98 Å². The Labute approximate surface area is 52.6 Å². The second-order valence-corrected chi connectivity index (χ2v) is 1.69. The van der Waals surface area contributed by atoms with Crippen LogP contribution in [0.1, 0.15) is 12.0 Å². The fraction of sp³-hybridized carbons (Fsp3) is 0.167. The number of rotatable bonds is 1. The molecule has 0 saturated heterocycles. The van der Waals surface area contributed by atoms with Crippen molar-refractivity contribution in [2.45, 2.75) is 6.29 Å². The Kier molecular flexibility index (Phi) is 1.77. The van der Waals surface area contributed by atoms with Crippen LogP contribution < -0.4 is 4.98 Å². The molecule has 0 radical (unpaired) electrons. The maximum absolute atomic E-state index is 8.55. The largest absolute Gasteiger partial charge is 0.360 e. The van der Waals surface area contributed by atoms with Gasteiger partial charge in [-0.3, -0.25) is 0 Å². The van der Waals surface area contributed by atoms with E-state index in [-0.39, 0.29) is 0 Å². The lowest BCUT2D eigenvalue weighted by Gasteiger charge is -1.92. The zero-order chi connectivity index (χ0) is 6.69. The molecule has 3 heteroatoms. The summed E-state index contributed by atoms with van der Waals surface area (Å²) in [5, 5.41) is 17.1. The quantitative estimate of drug-likeness (QED) is 0.498. The summed E-state index contributed by atoms with van der Waals surface area (Å²) in [5.41, 5.74) is 0.400. The first-order chi connectivity index (χ1) is 4.30. The van der Waals surface area contributed by atoms with E-state index in [4.69, 9.17) is 10.2 Å². The average molecular weight is 126 g/mol. The van der Waals surface area contributed by atoms with Crippen molar-refractivity contribution in [3.05, 3.63) is 30.1 Å². The Hall–Kier alpha value is -0.930. The molecule has 0 aliphatic heterocycles. The van der Waals surface area contributed by atoms with Gasteiger partial charge in [0.25, 0.3) is 0 Å². The minimum Gasteiger partial charge on any atom is -0.360 e. The van der Waals surface area contributed by atoms with Crippen molar-refractivity contribution in [1.29, 1.82) is 0 Å². The summed E-state index contributed by atoms with van der Waals surface area (Å²) in [7, 11) is 0. The van der Waals surface area contributed by atoms with Crippen LogP contribution in [0.5, 0.6) is 0 Å². The van der Waals surface area contributed by atoms with Crippen molar-refractivity contribution in [3.8, 4) is 0 Å². The summed E-state index contributed by atoms with van der Waals surface area (Å²) in [6.07, 6.45) is 0.237. The molecule has 3 nitrogen and oxygen atoms in total.